The number of aliphatic carboxylic acids is 1. The van der Waals surface area contributed by atoms with Crippen molar-refractivity contribution in [2.45, 2.75) is 0 Å². The Bertz CT molecular complexity index is 543. The van der Waals surface area contributed by atoms with Gasteiger partial charge in [-0.05, 0) is 30.3 Å². The molecule has 0 fully saturated rings. The van der Waals surface area contributed by atoms with Crippen molar-refractivity contribution in [2.24, 2.45) is 0 Å². The molecule has 0 aliphatic rings. The zero-order valence-corrected chi connectivity index (χ0v) is 8.45. The first kappa shape index (κ1) is 9.80. The number of carboxylic acids is 1. The number of aromatic amines is 1. The van der Waals surface area contributed by atoms with Crippen LogP contribution in [0.2, 0.25) is 5.02 Å². The second-order valence-corrected chi connectivity index (χ2v) is 3.56. The second-order valence-electron chi connectivity index (χ2n) is 3.13. The summed E-state index contributed by atoms with van der Waals surface area (Å²) in [6.45, 7) is 0. The third-order valence-corrected chi connectivity index (χ3v) is 2.24. The van der Waals surface area contributed by atoms with Crippen molar-refractivity contribution in [3.8, 4) is 0 Å². The van der Waals surface area contributed by atoms with Crippen LogP contribution in [0.15, 0.2) is 30.3 Å². The molecule has 0 saturated carbocycles. The monoisotopic (exact) mass is 221 g/mol. The SMILES string of the molecule is O=C(O)C=Cc1cc2cc(Cl)ccc2[nH]1. The van der Waals surface area contributed by atoms with Gasteiger partial charge in [0.25, 0.3) is 0 Å². The van der Waals surface area contributed by atoms with Crippen LogP contribution in [0.3, 0.4) is 0 Å². The molecule has 2 aromatic rings. The number of fused-ring (bicyclic) bond motifs is 1. The largest absolute Gasteiger partial charge is 0.478 e. The number of H-pyrrole nitrogens is 1. The maximum Gasteiger partial charge on any atom is 0.328 e. The predicted molar refractivity (Wildman–Crippen MR) is 60.0 cm³/mol. The average Bonchev–Trinajstić information content (AvgIpc) is 2.56. The van der Waals surface area contributed by atoms with E-state index in [0.717, 1.165) is 22.7 Å². The Kier molecular flexibility index (Phi) is 2.47. The quantitative estimate of drug-likeness (QED) is 0.766. The molecule has 1 heterocycles. The first-order valence-corrected chi connectivity index (χ1v) is 4.72. The van der Waals surface area contributed by atoms with E-state index in [4.69, 9.17) is 16.7 Å². The molecule has 0 saturated heterocycles. The number of halogens is 1. The normalized spacial score (nSPS) is 11.3. The Morgan fingerprint density at radius 2 is 2.20 bits per heavy atom. The van der Waals surface area contributed by atoms with Gasteiger partial charge in [0.05, 0.1) is 0 Å². The van der Waals surface area contributed by atoms with E-state index < -0.39 is 5.97 Å². The van der Waals surface area contributed by atoms with Crippen LogP contribution in [0.25, 0.3) is 17.0 Å². The van der Waals surface area contributed by atoms with Gasteiger partial charge in [-0.1, -0.05) is 11.6 Å². The lowest BCUT2D eigenvalue weighted by molar-refractivity contribution is -0.131. The zero-order chi connectivity index (χ0) is 10.8. The van der Waals surface area contributed by atoms with Crippen molar-refractivity contribution < 1.29 is 9.90 Å². The summed E-state index contributed by atoms with van der Waals surface area (Å²) in [4.78, 5) is 13.4. The molecule has 0 bridgehead atoms. The summed E-state index contributed by atoms with van der Waals surface area (Å²) in [5, 5.41) is 10.1. The number of nitrogens with one attached hydrogen (secondary N) is 1. The van der Waals surface area contributed by atoms with E-state index in [1.54, 1.807) is 6.07 Å². The molecule has 0 amide bonds. The molecule has 0 aliphatic heterocycles. The number of hydrogen-bond acceptors (Lipinski definition) is 1. The van der Waals surface area contributed by atoms with Gasteiger partial charge in [-0.2, -0.15) is 0 Å². The van der Waals surface area contributed by atoms with Crippen LogP contribution in [0.4, 0.5) is 0 Å². The molecule has 2 N–H and O–H groups in total. The van der Waals surface area contributed by atoms with E-state index in [2.05, 4.69) is 4.98 Å². The molecule has 15 heavy (non-hydrogen) atoms. The van der Waals surface area contributed by atoms with Crippen LogP contribution in [-0.4, -0.2) is 16.1 Å². The highest BCUT2D eigenvalue weighted by Gasteiger charge is 1.99. The minimum absolute atomic E-state index is 0.662. The molecule has 2 rings (SSSR count). The summed E-state index contributed by atoms with van der Waals surface area (Å²) in [5.74, 6) is -0.966. The molecule has 4 heteroatoms. The Balaban J connectivity index is 2.43. The van der Waals surface area contributed by atoms with E-state index in [0.29, 0.717) is 5.02 Å². The summed E-state index contributed by atoms with van der Waals surface area (Å²) in [7, 11) is 0. The Labute approximate surface area is 91.0 Å². The summed E-state index contributed by atoms with van der Waals surface area (Å²) >= 11 is 5.83. The lowest BCUT2D eigenvalue weighted by Crippen LogP contribution is -1.85. The molecular weight excluding hydrogens is 214 g/mol. The first-order valence-electron chi connectivity index (χ1n) is 4.34. The van der Waals surface area contributed by atoms with Crippen molar-refractivity contribution in [1.29, 1.82) is 0 Å². The van der Waals surface area contributed by atoms with Crippen molar-refractivity contribution in [3.05, 3.63) is 41.1 Å². The number of benzene rings is 1. The van der Waals surface area contributed by atoms with E-state index in [-0.39, 0.29) is 0 Å². The number of hydrogen-bond donors (Lipinski definition) is 2. The highest BCUT2D eigenvalue weighted by molar-refractivity contribution is 6.31. The molecule has 3 nitrogen and oxygen atoms in total. The van der Waals surface area contributed by atoms with Crippen molar-refractivity contribution in [1.82, 2.24) is 4.98 Å². The van der Waals surface area contributed by atoms with Gasteiger partial charge < -0.3 is 10.1 Å². The van der Waals surface area contributed by atoms with Gasteiger partial charge >= 0.3 is 5.97 Å². The Hall–Kier alpha value is -1.74. The second kappa shape index (κ2) is 3.79. The van der Waals surface area contributed by atoms with E-state index in [9.17, 15) is 4.79 Å². The van der Waals surface area contributed by atoms with Gasteiger partial charge in [-0.25, -0.2) is 4.79 Å². The number of carbonyl (C=O) groups is 1. The summed E-state index contributed by atoms with van der Waals surface area (Å²) < 4.78 is 0. The van der Waals surface area contributed by atoms with E-state index in [1.165, 1.54) is 6.08 Å². The minimum atomic E-state index is -0.966. The fraction of sp³-hybridized carbons (Fsp3) is 0. The third-order valence-electron chi connectivity index (χ3n) is 2.01. The fourth-order valence-electron chi connectivity index (χ4n) is 1.38. The molecular formula is C11H8ClNO2. The lowest BCUT2D eigenvalue weighted by atomic mass is 10.2. The van der Waals surface area contributed by atoms with Crippen molar-refractivity contribution >= 4 is 34.5 Å². The Morgan fingerprint density at radius 3 is 2.93 bits per heavy atom. The number of carboxylic acid groups (broad SMARTS) is 1. The zero-order valence-electron chi connectivity index (χ0n) is 7.70. The Morgan fingerprint density at radius 1 is 1.40 bits per heavy atom. The molecule has 1 aromatic carbocycles. The molecule has 0 unspecified atom stereocenters. The molecule has 0 aliphatic carbocycles. The van der Waals surface area contributed by atoms with E-state index >= 15 is 0 Å². The average molecular weight is 222 g/mol. The topological polar surface area (TPSA) is 53.1 Å². The van der Waals surface area contributed by atoms with Crippen LogP contribution in [0.5, 0.6) is 0 Å². The van der Waals surface area contributed by atoms with Gasteiger partial charge in [0, 0.05) is 27.7 Å². The minimum Gasteiger partial charge on any atom is -0.478 e. The summed E-state index contributed by atoms with van der Waals surface area (Å²) in [6.07, 6.45) is 2.60. The highest BCUT2D eigenvalue weighted by Crippen LogP contribution is 2.20. The van der Waals surface area contributed by atoms with Gasteiger partial charge in [-0.3, -0.25) is 0 Å². The van der Waals surface area contributed by atoms with Gasteiger partial charge in [0.1, 0.15) is 0 Å². The molecule has 76 valence electrons. The number of rotatable bonds is 2. The van der Waals surface area contributed by atoms with Gasteiger partial charge in [0.15, 0.2) is 0 Å². The summed E-state index contributed by atoms with van der Waals surface area (Å²) in [6, 6.07) is 7.31. The molecule has 0 spiro atoms. The van der Waals surface area contributed by atoms with Crippen LogP contribution in [0, 0.1) is 0 Å². The van der Waals surface area contributed by atoms with Crippen LogP contribution >= 0.6 is 11.6 Å². The third kappa shape index (κ3) is 2.19. The van der Waals surface area contributed by atoms with Crippen LogP contribution in [-0.2, 0) is 4.79 Å². The predicted octanol–water partition coefficient (Wildman–Crippen LogP) is 2.92. The highest BCUT2D eigenvalue weighted by atomic mass is 35.5. The maximum absolute atomic E-state index is 10.3. The maximum atomic E-state index is 10.3. The summed E-state index contributed by atoms with van der Waals surface area (Å²) in [5.41, 5.74) is 1.68. The van der Waals surface area contributed by atoms with Crippen LogP contribution in [0.1, 0.15) is 5.69 Å². The fourth-order valence-corrected chi connectivity index (χ4v) is 1.56. The van der Waals surface area contributed by atoms with Gasteiger partial charge in [0.2, 0.25) is 0 Å². The molecule has 0 radical (unpaired) electrons. The number of aromatic nitrogens is 1. The first-order chi connectivity index (χ1) is 7.15. The lowest BCUT2D eigenvalue weighted by Gasteiger charge is -1.88. The van der Waals surface area contributed by atoms with Crippen LogP contribution < -0.4 is 0 Å². The smallest absolute Gasteiger partial charge is 0.328 e. The van der Waals surface area contributed by atoms with Crippen molar-refractivity contribution in [2.75, 3.05) is 0 Å². The van der Waals surface area contributed by atoms with Gasteiger partial charge in [-0.15, -0.1) is 0 Å². The molecule has 0 atom stereocenters. The van der Waals surface area contributed by atoms with E-state index in [1.807, 2.05) is 18.2 Å². The molecule has 1 aromatic heterocycles. The van der Waals surface area contributed by atoms with Crippen molar-refractivity contribution in [3.63, 3.8) is 0 Å². The standard InChI is InChI=1S/C11H8ClNO2/c12-8-1-3-10-7(5-8)6-9(13-10)2-4-11(14)15/h1-6,13H,(H,14,15).